The molecule has 19 heavy (non-hydrogen) atoms. The van der Waals surface area contributed by atoms with Crippen molar-refractivity contribution in [3.8, 4) is 0 Å². The fraction of sp³-hybridized carbons (Fsp3) is 0.286. The molecule has 2 aromatic rings. The minimum atomic E-state index is 0.562. The molecule has 1 aromatic heterocycles. The molecule has 0 saturated heterocycles. The minimum absolute atomic E-state index is 0.562. The SMILES string of the molecule is Nc1cc(C2CC2)nc(CSc2ccccc2Cl)n1. The molecule has 1 heterocycles. The second kappa shape index (κ2) is 5.39. The van der Waals surface area contributed by atoms with Crippen LogP contribution in [0.1, 0.15) is 30.3 Å². The number of anilines is 1. The number of nitrogen functional groups attached to an aromatic ring is 1. The van der Waals surface area contributed by atoms with Crippen LogP contribution < -0.4 is 5.73 Å². The molecule has 0 bridgehead atoms. The van der Waals surface area contributed by atoms with Crippen molar-refractivity contribution in [3.63, 3.8) is 0 Å². The summed E-state index contributed by atoms with van der Waals surface area (Å²) in [5.74, 6) is 2.63. The van der Waals surface area contributed by atoms with E-state index < -0.39 is 0 Å². The van der Waals surface area contributed by atoms with Gasteiger partial charge in [0.05, 0.1) is 10.8 Å². The smallest absolute Gasteiger partial charge is 0.141 e. The number of hydrogen-bond acceptors (Lipinski definition) is 4. The van der Waals surface area contributed by atoms with Gasteiger partial charge in [-0.2, -0.15) is 0 Å². The summed E-state index contributed by atoms with van der Waals surface area (Å²) in [6.45, 7) is 0. The van der Waals surface area contributed by atoms with Crippen LogP contribution in [0.3, 0.4) is 0 Å². The van der Waals surface area contributed by atoms with Crippen LogP contribution in [0.5, 0.6) is 0 Å². The van der Waals surface area contributed by atoms with Gasteiger partial charge >= 0.3 is 0 Å². The molecule has 1 aliphatic rings. The van der Waals surface area contributed by atoms with E-state index in [0.29, 0.717) is 17.5 Å². The maximum absolute atomic E-state index is 6.13. The van der Waals surface area contributed by atoms with Gasteiger partial charge in [0.15, 0.2) is 0 Å². The van der Waals surface area contributed by atoms with E-state index in [1.54, 1.807) is 11.8 Å². The molecule has 3 nitrogen and oxygen atoms in total. The van der Waals surface area contributed by atoms with Gasteiger partial charge in [-0.3, -0.25) is 0 Å². The third kappa shape index (κ3) is 3.19. The van der Waals surface area contributed by atoms with Gasteiger partial charge in [0.1, 0.15) is 11.6 Å². The maximum atomic E-state index is 6.13. The second-order valence-electron chi connectivity index (χ2n) is 4.63. The molecule has 1 aromatic carbocycles. The summed E-state index contributed by atoms with van der Waals surface area (Å²) in [6, 6.07) is 9.68. The van der Waals surface area contributed by atoms with E-state index >= 15 is 0 Å². The normalized spacial score (nSPS) is 14.6. The first-order valence-electron chi connectivity index (χ1n) is 6.23. The largest absolute Gasteiger partial charge is 0.384 e. The van der Waals surface area contributed by atoms with Crippen molar-refractivity contribution in [2.45, 2.75) is 29.4 Å². The molecule has 0 aliphatic heterocycles. The average molecular weight is 292 g/mol. The zero-order valence-electron chi connectivity index (χ0n) is 10.3. The fourth-order valence-corrected chi connectivity index (χ4v) is 2.99. The Morgan fingerprint density at radius 1 is 1.26 bits per heavy atom. The molecule has 98 valence electrons. The highest BCUT2D eigenvalue weighted by atomic mass is 35.5. The van der Waals surface area contributed by atoms with Crippen molar-refractivity contribution in [1.29, 1.82) is 0 Å². The van der Waals surface area contributed by atoms with E-state index in [-0.39, 0.29) is 0 Å². The van der Waals surface area contributed by atoms with Gasteiger partial charge in [-0.25, -0.2) is 9.97 Å². The molecule has 0 amide bonds. The molecule has 2 N–H and O–H groups in total. The number of hydrogen-bond donors (Lipinski definition) is 1. The number of rotatable bonds is 4. The predicted molar refractivity (Wildman–Crippen MR) is 79.4 cm³/mol. The summed E-state index contributed by atoms with van der Waals surface area (Å²) in [7, 11) is 0. The number of nitrogens with zero attached hydrogens (tertiary/aromatic N) is 2. The van der Waals surface area contributed by atoms with E-state index in [1.807, 2.05) is 30.3 Å². The average Bonchev–Trinajstić information content (AvgIpc) is 3.21. The molecule has 0 atom stereocenters. The Morgan fingerprint density at radius 2 is 2.05 bits per heavy atom. The summed E-state index contributed by atoms with van der Waals surface area (Å²) in [5.41, 5.74) is 6.92. The molecule has 5 heteroatoms. The van der Waals surface area contributed by atoms with Crippen molar-refractivity contribution in [2.75, 3.05) is 5.73 Å². The standard InChI is InChI=1S/C14H14ClN3S/c15-10-3-1-2-4-12(10)19-8-14-17-11(9-5-6-9)7-13(16)18-14/h1-4,7,9H,5-6,8H2,(H2,16,17,18). The Morgan fingerprint density at radius 3 is 2.79 bits per heavy atom. The first-order valence-corrected chi connectivity index (χ1v) is 7.59. The Balaban J connectivity index is 1.74. The van der Waals surface area contributed by atoms with E-state index in [9.17, 15) is 0 Å². The molecule has 3 rings (SSSR count). The Labute approximate surface area is 121 Å². The Bertz CT molecular complexity index is 599. The van der Waals surface area contributed by atoms with Gasteiger partial charge in [0.25, 0.3) is 0 Å². The summed E-state index contributed by atoms with van der Waals surface area (Å²) in [5, 5.41) is 0.763. The van der Waals surface area contributed by atoms with Crippen LogP contribution in [0.2, 0.25) is 5.02 Å². The van der Waals surface area contributed by atoms with Crippen LogP contribution in [-0.4, -0.2) is 9.97 Å². The van der Waals surface area contributed by atoms with Gasteiger partial charge in [0.2, 0.25) is 0 Å². The third-order valence-corrected chi connectivity index (χ3v) is 4.51. The van der Waals surface area contributed by atoms with Crippen LogP contribution in [0.15, 0.2) is 35.2 Å². The topological polar surface area (TPSA) is 51.8 Å². The quantitative estimate of drug-likeness (QED) is 0.869. The highest BCUT2D eigenvalue weighted by molar-refractivity contribution is 7.98. The first kappa shape index (κ1) is 12.8. The predicted octanol–water partition coefficient (Wildman–Crippen LogP) is 3.88. The maximum Gasteiger partial charge on any atom is 0.141 e. The highest BCUT2D eigenvalue weighted by Gasteiger charge is 2.25. The lowest BCUT2D eigenvalue weighted by atomic mass is 10.3. The van der Waals surface area contributed by atoms with Crippen molar-refractivity contribution >= 4 is 29.2 Å². The van der Waals surface area contributed by atoms with E-state index in [1.165, 1.54) is 12.8 Å². The fourth-order valence-electron chi connectivity index (χ4n) is 1.90. The van der Waals surface area contributed by atoms with Gasteiger partial charge < -0.3 is 5.73 Å². The van der Waals surface area contributed by atoms with Crippen LogP contribution in [-0.2, 0) is 5.75 Å². The molecule has 0 spiro atoms. The molecule has 1 aliphatic carbocycles. The summed E-state index contributed by atoms with van der Waals surface area (Å²) in [6.07, 6.45) is 2.43. The monoisotopic (exact) mass is 291 g/mol. The second-order valence-corrected chi connectivity index (χ2v) is 6.05. The number of halogens is 1. The Hall–Kier alpha value is -1.26. The highest BCUT2D eigenvalue weighted by Crippen LogP contribution is 2.39. The number of thioether (sulfide) groups is 1. The van der Waals surface area contributed by atoms with Crippen molar-refractivity contribution in [1.82, 2.24) is 9.97 Å². The van der Waals surface area contributed by atoms with Crippen LogP contribution in [0.4, 0.5) is 5.82 Å². The van der Waals surface area contributed by atoms with E-state index in [0.717, 1.165) is 21.4 Å². The van der Waals surface area contributed by atoms with Crippen molar-refractivity contribution in [3.05, 3.63) is 46.9 Å². The van der Waals surface area contributed by atoms with E-state index in [2.05, 4.69) is 9.97 Å². The number of nitrogens with two attached hydrogens (primary N) is 1. The molecule has 1 saturated carbocycles. The third-order valence-electron chi connectivity index (χ3n) is 3.00. The zero-order chi connectivity index (χ0) is 13.2. The van der Waals surface area contributed by atoms with Crippen molar-refractivity contribution < 1.29 is 0 Å². The van der Waals surface area contributed by atoms with Gasteiger partial charge in [-0.05, 0) is 25.0 Å². The lowest BCUT2D eigenvalue weighted by molar-refractivity contribution is 0.937. The van der Waals surface area contributed by atoms with Gasteiger partial charge in [-0.15, -0.1) is 11.8 Å². The number of aromatic nitrogens is 2. The molecular weight excluding hydrogens is 278 g/mol. The van der Waals surface area contributed by atoms with Crippen molar-refractivity contribution in [2.24, 2.45) is 0 Å². The lowest BCUT2D eigenvalue weighted by Crippen LogP contribution is -2.01. The zero-order valence-corrected chi connectivity index (χ0v) is 11.9. The first-order chi connectivity index (χ1) is 9.22. The van der Waals surface area contributed by atoms with Crippen LogP contribution in [0, 0.1) is 0 Å². The molecule has 0 radical (unpaired) electrons. The molecule has 1 fully saturated rings. The lowest BCUT2D eigenvalue weighted by Gasteiger charge is -2.06. The molecule has 0 unspecified atom stereocenters. The number of benzene rings is 1. The van der Waals surface area contributed by atoms with Gasteiger partial charge in [-0.1, -0.05) is 23.7 Å². The molecular formula is C14H14ClN3S. The minimum Gasteiger partial charge on any atom is -0.384 e. The van der Waals surface area contributed by atoms with Crippen LogP contribution in [0.25, 0.3) is 0 Å². The summed E-state index contributed by atoms with van der Waals surface area (Å²) in [4.78, 5) is 9.92. The summed E-state index contributed by atoms with van der Waals surface area (Å²) >= 11 is 7.76. The van der Waals surface area contributed by atoms with E-state index in [4.69, 9.17) is 17.3 Å². The van der Waals surface area contributed by atoms with Gasteiger partial charge in [0, 0.05) is 22.6 Å². The summed E-state index contributed by atoms with van der Waals surface area (Å²) < 4.78 is 0. The Kier molecular flexibility index (Phi) is 3.62. The van der Waals surface area contributed by atoms with Crippen LogP contribution >= 0.6 is 23.4 Å².